The number of unbranched alkanes of at least 4 members (excludes halogenated alkanes) is 1. The van der Waals surface area contributed by atoms with Crippen LogP contribution in [0.5, 0.6) is 0 Å². The van der Waals surface area contributed by atoms with Gasteiger partial charge in [0.15, 0.2) is 0 Å². The fourth-order valence-corrected chi connectivity index (χ4v) is 7.65. The monoisotopic (exact) mass is 632 g/mol. The lowest BCUT2D eigenvalue weighted by atomic mass is 9.43. The van der Waals surface area contributed by atoms with Crippen LogP contribution in [0, 0.1) is 23.2 Å². The Morgan fingerprint density at radius 2 is 1.78 bits per heavy atom. The van der Waals surface area contributed by atoms with E-state index in [4.69, 9.17) is 9.31 Å². The number of carbonyl (C=O) groups excluding carboxylic acids is 3. The summed E-state index contributed by atoms with van der Waals surface area (Å²) in [5, 5.41) is 8.59. The van der Waals surface area contributed by atoms with Crippen LogP contribution in [0.1, 0.15) is 99.9 Å². The lowest BCUT2D eigenvalue weighted by Crippen LogP contribution is -2.65. The predicted octanol–water partition coefficient (Wildman–Crippen LogP) is 4.04. The Hall–Kier alpha value is -3.44. The number of hydrogen-bond acceptors (Lipinski definition) is 6. The zero-order chi connectivity index (χ0) is 33.2. The molecule has 6 rings (SSSR count). The lowest BCUT2D eigenvalue weighted by molar-refractivity contribution is -0.199. The molecule has 0 spiro atoms. The summed E-state index contributed by atoms with van der Waals surface area (Å²) < 4.78 is 13.2. The standard InChI is InChI=1S/C35H49BN4O6/c1-7-8-10-22-12-14-23(15-13-22)30(41)39-26(20-38-32(43)25-11-9-16-37-31(25)42)33(44)40-29(17-21(2)3)36-45-28-19-24-18-27(34(24,4)5)35(28,6)46-36/h9,11-16,21,24,26-29H,7-8,10,17-20H2,1-6H3,(H,37,42)(H,38,43)(H,39,41)(H,40,44)/t24-,26+,27-,28-,29+,35+/m1/s1. The van der Waals surface area contributed by atoms with Crippen molar-refractivity contribution in [3.8, 4) is 0 Å². The van der Waals surface area contributed by atoms with Crippen LogP contribution in [0.25, 0.3) is 0 Å². The van der Waals surface area contributed by atoms with Gasteiger partial charge in [-0.25, -0.2) is 0 Å². The van der Waals surface area contributed by atoms with Gasteiger partial charge in [-0.1, -0.05) is 53.2 Å². The number of rotatable bonds is 13. The first-order valence-electron chi connectivity index (χ1n) is 16.8. The Morgan fingerprint density at radius 1 is 1.04 bits per heavy atom. The SMILES string of the molecule is CCCCc1ccc(C(=O)N[C@@H](CNC(=O)c2ccc[nH]c2=O)C(=O)N[C@@H](CC(C)C)B2O[C@@H]3C[C@H]4C[C@H](C4(C)C)[C@]3(C)O2)cc1. The highest BCUT2D eigenvalue weighted by molar-refractivity contribution is 6.48. The molecular formula is C35H49BN4O6. The van der Waals surface area contributed by atoms with E-state index in [1.807, 2.05) is 12.1 Å². The molecular weight excluding hydrogens is 583 g/mol. The van der Waals surface area contributed by atoms with Crippen LogP contribution in [-0.4, -0.2) is 60.1 Å². The molecule has 0 radical (unpaired) electrons. The van der Waals surface area contributed by atoms with Gasteiger partial charge in [-0.3, -0.25) is 19.2 Å². The van der Waals surface area contributed by atoms with Gasteiger partial charge in [0.25, 0.3) is 17.4 Å². The lowest BCUT2D eigenvalue weighted by Gasteiger charge is -2.64. The van der Waals surface area contributed by atoms with Crippen molar-refractivity contribution in [1.82, 2.24) is 20.9 Å². The Balaban J connectivity index is 1.32. The Labute approximate surface area is 272 Å². The van der Waals surface area contributed by atoms with E-state index in [1.54, 1.807) is 18.2 Å². The van der Waals surface area contributed by atoms with E-state index in [0.29, 0.717) is 23.8 Å². The first-order valence-corrected chi connectivity index (χ1v) is 16.8. The third-order valence-corrected chi connectivity index (χ3v) is 10.5. The summed E-state index contributed by atoms with van der Waals surface area (Å²) in [6.07, 6.45) is 7.11. The smallest absolute Gasteiger partial charge is 0.404 e. The molecule has 1 aromatic heterocycles. The van der Waals surface area contributed by atoms with Crippen molar-refractivity contribution >= 4 is 24.8 Å². The largest absolute Gasteiger partial charge is 0.481 e. The number of pyridine rings is 1. The average molecular weight is 633 g/mol. The second kappa shape index (κ2) is 13.7. The molecule has 3 saturated carbocycles. The summed E-state index contributed by atoms with van der Waals surface area (Å²) >= 11 is 0. The van der Waals surface area contributed by atoms with E-state index in [1.165, 1.54) is 12.3 Å². The Morgan fingerprint density at radius 3 is 2.43 bits per heavy atom. The molecule has 248 valence electrons. The highest BCUT2D eigenvalue weighted by atomic mass is 16.7. The van der Waals surface area contributed by atoms with Crippen LogP contribution in [0.15, 0.2) is 47.4 Å². The van der Waals surface area contributed by atoms with Gasteiger partial charge < -0.3 is 30.2 Å². The highest BCUT2D eigenvalue weighted by Gasteiger charge is 2.68. The van der Waals surface area contributed by atoms with E-state index in [2.05, 4.69) is 62.5 Å². The molecule has 4 aliphatic rings. The summed E-state index contributed by atoms with van der Waals surface area (Å²) in [4.78, 5) is 54.9. The number of nitrogens with one attached hydrogen (secondary N) is 4. The first kappa shape index (κ1) is 33.9. The van der Waals surface area contributed by atoms with Gasteiger partial charge in [0.1, 0.15) is 11.6 Å². The predicted molar refractivity (Wildman–Crippen MR) is 177 cm³/mol. The number of hydrogen-bond donors (Lipinski definition) is 4. The number of aromatic nitrogens is 1. The zero-order valence-electron chi connectivity index (χ0n) is 28.0. The summed E-state index contributed by atoms with van der Waals surface area (Å²) in [7, 11) is -0.638. The molecule has 1 saturated heterocycles. The van der Waals surface area contributed by atoms with Crippen molar-refractivity contribution in [2.45, 2.75) is 104 Å². The van der Waals surface area contributed by atoms with Gasteiger partial charge in [-0.15, -0.1) is 0 Å². The molecule has 1 aliphatic heterocycles. The molecule has 4 fully saturated rings. The van der Waals surface area contributed by atoms with Gasteiger partial charge in [-0.2, -0.15) is 0 Å². The van der Waals surface area contributed by atoms with Crippen molar-refractivity contribution in [3.05, 3.63) is 69.6 Å². The normalized spacial score (nSPS) is 25.6. The first-order chi connectivity index (χ1) is 21.8. The summed E-state index contributed by atoms with van der Waals surface area (Å²) in [5.41, 5.74) is 0.661. The molecule has 4 N–H and O–H groups in total. The molecule has 46 heavy (non-hydrogen) atoms. The minimum absolute atomic E-state index is 0.0418. The van der Waals surface area contributed by atoms with Gasteiger partial charge >= 0.3 is 7.12 Å². The molecule has 3 aliphatic carbocycles. The zero-order valence-corrected chi connectivity index (χ0v) is 28.0. The molecule has 6 atom stereocenters. The number of aromatic amines is 1. The minimum Gasteiger partial charge on any atom is -0.404 e. The number of aryl methyl sites for hydroxylation is 1. The third kappa shape index (κ3) is 6.95. The van der Waals surface area contributed by atoms with Crippen molar-refractivity contribution < 1.29 is 23.7 Å². The van der Waals surface area contributed by atoms with E-state index in [9.17, 15) is 19.2 Å². The van der Waals surface area contributed by atoms with Gasteiger partial charge in [0.2, 0.25) is 5.91 Å². The van der Waals surface area contributed by atoms with Crippen LogP contribution < -0.4 is 21.5 Å². The third-order valence-electron chi connectivity index (χ3n) is 10.5. The van der Waals surface area contributed by atoms with Crippen LogP contribution in [0.4, 0.5) is 0 Å². The molecule has 2 bridgehead atoms. The molecule has 2 heterocycles. The second-order valence-corrected chi connectivity index (χ2v) is 14.5. The van der Waals surface area contributed by atoms with Crippen LogP contribution in [-0.2, 0) is 20.5 Å². The van der Waals surface area contributed by atoms with Crippen molar-refractivity contribution in [2.75, 3.05) is 6.54 Å². The summed E-state index contributed by atoms with van der Waals surface area (Å²) in [6.45, 7) is 12.8. The van der Waals surface area contributed by atoms with Crippen LogP contribution in [0.3, 0.4) is 0 Å². The summed E-state index contributed by atoms with van der Waals surface area (Å²) in [5.74, 6) is -0.838. The topological polar surface area (TPSA) is 139 Å². The summed E-state index contributed by atoms with van der Waals surface area (Å²) in [6, 6.07) is 9.15. The van der Waals surface area contributed by atoms with Gasteiger partial charge in [0, 0.05) is 18.3 Å². The van der Waals surface area contributed by atoms with E-state index in [0.717, 1.165) is 37.7 Å². The van der Waals surface area contributed by atoms with E-state index >= 15 is 0 Å². The number of H-pyrrole nitrogens is 1. The van der Waals surface area contributed by atoms with Gasteiger partial charge in [-0.05, 0) is 92.0 Å². The molecule has 1 aromatic carbocycles. The average Bonchev–Trinajstić information content (AvgIpc) is 3.39. The number of amides is 3. The molecule has 10 nitrogen and oxygen atoms in total. The van der Waals surface area contributed by atoms with Gasteiger partial charge in [0.05, 0.1) is 17.6 Å². The maximum atomic E-state index is 14.0. The Bertz CT molecular complexity index is 1480. The molecule has 3 amide bonds. The quantitative estimate of drug-likeness (QED) is 0.246. The number of benzene rings is 1. The van der Waals surface area contributed by atoms with Crippen molar-refractivity contribution in [1.29, 1.82) is 0 Å². The number of carbonyl (C=O) groups is 3. The molecule has 2 aromatic rings. The maximum Gasteiger partial charge on any atom is 0.481 e. The molecule has 0 unspecified atom stereocenters. The highest BCUT2D eigenvalue weighted by Crippen LogP contribution is 2.65. The van der Waals surface area contributed by atoms with Crippen LogP contribution in [0.2, 0.25) is 0 Å². The fraction of sp³-hybridized carbons (Fsp3) is 0.600. The molecule has 11 heteroatoms. The van der Waals surface area contributed by atoms with E-state index in [-0.39, 0.29) is 29.5 Å². The minimum atomic E-state index is -1.13. The maximum absolute atomic E-state index is 14.0. The fourth-order valence-electron chi connectivity index (χ4n) is 7.65. The van der Waals surface area contributed by atoms with Crippen LogP contribution >= 0.6 is 0 Å². The van der Waals surface area contributed by atoms with E-state index < -0.39 is 48.0 Å². The Kier molecular flexibility index (Phi) is 10.1. The second-order valence-electron chi connectivity index (χ2n) is 14.5. The van der Waals surface area contributed by atoms with Crippen molar-refractivity contribution in [2.24, 2.45) is 23.2 Å². The van der Waals surface area contributed by atoms with Crippen molar-refractivity contribution in [3.63, 3.8) is 0 Å².